The summed E-state index contributed by atoms with van der Waals surface area (Å²) in [6, 6.07) is 0. The van der Waals surface area contributed by atoms with Crippen LogP contribution in [0.25, 0.3) is 0 Å². The highest BCUT2D eigenvalue weighted by Crippen LogP contribution is 2.46. The third-order valence-corrected chi connectivity index (χ3v) is 3.70. The molecule has 21 heavy (non-hydrogen) atoms. The van der Waals surface area contributed by atoms with Gasteiger partial charge >= 0.3 is 15.6 Å². The molecule has 0 amide bonds. The molecule has 0 heterocycles. The maximum Gasteiger partial charge on any atom is 0.470 e. The summed E-state index contributed by atoms with van der Waals surface area (Å²) in [5.74, 6) is 0. The van der Waals surface area contributed by atoms with Crippen LogP contribution in [0, 0.1) is 0 Å². The molecular formula is C6H14O13P2. The third kappa shape index (κ3) is 5.01. The minimum absolute atomic E-state index is 1.96. The lowest BCUT2D eigenvalue weighted by Crippen LogP contribution is -2.65. The molecule has 0 aromatic heterocycles. The van der Waals surface area contributed by atoms with Crippen LogP contribution < -0.4 is 0 Å². The smallest absolute Gasteiger partial charge is 0.387 e. The summed E-state index contributed by atoms with van der Waals surface area (Å²) in [6.45, 7) is 0. The number of aliphatic hydroxyl groups is 3. The number of aliphatic hydroxyl groups excluding tert-OH is 3. The minimum atomic E-state index is -5.28. The molecule has 13 nitrogen and oxygen atoms in total. The van der Waals surface area contributed by atoms with E-state index in [2.05, 4.69) is 13.9 Å². The van der Waals surface area contributed by atoms with E-state index < -0.39 is 52.3 Å². The fourth-order valence-corrected chi connectivity index (χ4v) is 2.98. The topological polar surface area (TPSA) is 224 Å². The van der Waals surface area contributed by atoms with E-state index >= 15 is 0 Å². The summed E-state index contributed by atoms with van der Waals surface area (Å²) < 4.78 is 29.8. The Morgan fingerprint density at radius 2 is 1.00 bits per heavy atom. The van der Waals surface area contributed by atoms with Crippen molar-refractivity contribution in [1.82, 2.24) is 0 Å². The summed E-state index contributed by atoms with van der Waals surface area (Å²) in [4.78, 5) is 38.4. The van der Waals surface area contributed by atoms with Crippen molar-refractivity contribution in [2.24, 2.45) is 0 Å². The second-order valence-corrected chi connectivity index (χ2v) is 6.55. The molecule has 0 spiro atoms. The van der Waals surface area contributed by atoms with Crippen LogP contribution in [-0.4, -0.2) is 76.8 Å². The molecule has 1 rings (SSSR count). The van der Waals surface area contributed by atoms with E-state index in [1.165, 1.54) is 0 Å². The molecule has 0 aliphatic heterocycles. The fourth-order valence-electron chi connectivity index (χ4n) is 1.85. The molecule has 1 aliphatic carbocycles. The van der Waals surface area contributed by atoms with Gasteiger partial charge in [-0.15, -0.1) is 0 Å². The van der Waals surface area contributed by atoms with E-state index in [9.17, 15) is 24.4 Å². The Hall–Kier alpha value is 0.0200. The quantitative estimate of drug-likeness (QED) is 0.139. The molecule has 0 radical (unpaired) electrons. The molecule has 1 fully saturated rings. The van der Waals surface area contributed by atoms with Gasteiger partial charge in [0, 0.05) is 0 Å². The van der Waals surface area contributed by atoms with Gasteiger partial charge in [0.25, 0.3) is 0 Å². The molecule has 0 unspecified atom stereocenters. The molecule has 126 valence electrons. The van der Waals surface area contributed by atoms with Gasteiger partial charge in [-0.25, -0.2) is 14.0 Å². The zero-order valence-corrected chi connectivity index (χ0v) is 11.8. The van der Waals surface area contributed by atoms with Crippen LogP contribution in [0.5, 0.6) is 0 Å². The van der Waals surface area contributed by atoms with Crippen LogP contribution in [0.1, 0.15) is 0 Å². The number of phosphoric ester groups is 2. The predicted octanol–water partition coefficient (Wildman–Crippen LogP) is -3.10. The van der Waals surface area contributed by atoms with Crippen LogP contribution in [0.2, 0.25) is 0 Å². The number of phosphoric acid groups is 2. The van der Waals surface area contributed by atoms with Crippen LogP contribution in [-0.2, 0) is 23.1 Å². The van der Waals surface area contributed by atoms with Gasteiger partial charge in [0.15, 0.2) is 0 Å². The Bertz CT molecular complexity index is 442. The van der Waals surface area contributed by atoms with Crippen molar-refractivity contribution in [3.63, 3.8) is 0 Å². The second-order valence-electron chi connectivity index (χ2n) is 4.16. The average Bonchev–Trinajstić information content (AvgIpc) is 2.29. The lowest BCUT2D eigenvalue weighted by molar-refractivity contribution is -0.345. The Balaban J connectivity index is 3.14. The first-order valence-electron chi connectivity index (χ1n) is 5.19. The molecule has 6 atom stereocenters. The van der Waals surface area contributed by atoms with E-state index in [1.807, 2.05) is 0 Å². The van der Waals surface area contributed by atoms with E-state index in [0.29, 0.717) is 0 Å². The first kappa shape index (κ1) is 19.1. The van der Waals surface area contributed by atoms with Crippen molar-refractivity contribution in [3.8, 4) is 0 Å². The molecule has 15 heteroatoms. The van der Waals surface area contributed by atoms with Gasteiger partial charge in [-0.1, -0.05) is 0 Å². The van der Waals surface area contributed by atoms with Gasteiger partial charge in [-0.05, 0) is 0 Å². The number of rotatable bonds is 5. The summed E-state index contributed by atoms with van der Waals surface area (Å²) in [5, 5.41) is 37.3. The van der Waals surface area contributed by atoms with Gasteiger partial charge in [-0.3, -0.25) is 14.3 Å². The normalized spacial score (nSPS) is 38.5. The van der Waals surface area contributed by atoms with Gasteiger partial charge < -0.3 is 34.9 Å². The van der Waals surface area contributed by atoms with Crippen molar-refractivity contribution >= 4 is 15.6 Å². The summed E-state index contributed by atoms with van der Waals surface area (Å²) in [7, 11) is -10.6. The highest BCUT2D eigenvalue weighted by Gasteiger charge is 2.55. The van der Waals surface area contributed by atoms with Crippen molar-refractivity contribution in [2.75, 3.05) is 0 Å². The second kappa shape index (κ2) is 6.64. The van der Waals surface area contributed by atoms with Crippen molar-refractivity contribution < 1.29 is 63.2 Å². The lowest BCUT2D eigenvalue weighted by Gasteiger charge is -2.43. The Kier molecular flexibility index (Phi) is 6.03. The van der Waals surface area contributed by atoms with E-state index in [1.54, 1.807) is 0 Å². The zero-order valence-electron chi connectivity index (χ0n) is 9.98. The monoisotopic (exact) mass is 356 g/mol. The highest BCUT2D eigenvalue weighted by molar-refractivity contribution is 7.46. The first-order valence-corrected chi connectivity index (χ1v) is 8.26. The molecule has 0 bridgehead atoms. The fraction of sp³-hybridized carbons (Fsp3) is 1.00. The van der Waals surface area contributed by atoms with Gasteiger partial charge in [-0.2, -0.15) is 0 Å². The summed E-state index contributed by atoms with van der Waals surface area (Å²) in [6.07, 6.45) is -12.9. The Morgan fingerprint density at radius 1 is 0.667 bits per heavy atom. The molecule has 1 aliphatic rings. The van der Waals surface area contributed by atoms with Gasteiger partial charge in [0.2, 0.25) is 0 Å². The Morgan fingerprint density at radius 3 is 1.33 bits per heavy atom. The molecule has 0 aromatic rings. The van der Waals surface area contributed by atoms with Crippen LogP contribution >= 0.6 is 15.6 Å². The Labute approximate surface area is 116 Å². The number of hydrogen-bond acceptors (Lipinski definition) is 9. The van der Waals surface area contributed by atoms with E-state index in [-0.39, 0.29) is 0 Å². The molecule has 1 saturated carbocycles. The maximum atomic E-state index is 10.8. The van der Waals surface area contributed by atoms with Crippen LogP contribution in [0.4, 0.5) is 0 Å². The average molecular weight is 356 g/mol. The highest BCUT2D eigenvalue weighted by atomic mass is 31.2. The summed E-state index contributed by atoms with van der Waals surface area (Å²) >= 11 is 0. The maximum absolute atomic E-state index is 10.8. The largest absolute Gasteiger partial charge is 0.470 e. The van der Waals surface area contributed by atoms with Crippen LogP contribution in [0.3, 0.4) is 0 Å². The SMILES string of the molecule is O=P(O)(O)O[C@@H]1[C@@H](O)[C@@H](O)[C@@H](OO)[C@H](O)[C@H]1OP(=O)(O)O. The zero-order chi connectivity index (χ0) is 16.6. The van der Waals surface area contributed by atoms with Gasteiger partial charge in [0.05, 0.1) is 0 Å². The molecule has 8 N–H and O–H groups in total. The third-order valence-electron chi connectivity index (χ3n) is 2.66. The lowest BCUT2D eigenvalue weighted by atomic mass is 9.85. The summed E-state index contributed by atoms with van der Waals surface area (Å²) in [5.41, 5.74) is 0. The van der Waals surface area contributed by atoms with Crippen molar-refractivity contribution in [3.05, 3.63) is 0 Å². The minimum Gasteiger partial charge on any atom is -0.387 e. The van der Waals surface area contributed by atoms with Crippen molar-refractivity contribution in [2.45, 2.75) is 36.6 Å². The molecular weight excluding hydrogens is 342 g/mol. The molecule has 0 aromatic carbocycles. The van der Waals surface area contributed by atoms with Crippen molar-refractivity contribution in [1.29, 1.82) is 0 Å². The predicted molar refractivity (Wildman–Crippen MR) is 59.4 cm³/mol. The van der Waals surface area contributed by atoms with Gasteiger partial charge in [0.1, 0.15) is 36.6 Å². The standard InChI is InChI=1S/C6H14O13P2/c7-1-2(8)5(18-20(11,12)13)6(19-21(14,15)16)3(9)4(1)17-10/h1-10H,(H2,11,12,13)(H2,14,15,16)/t1-,2+,3+,4-,5-,6-/m1/s1. The van der Waals surface area contributed by atoms with E-state index in [4.69, 9.17) is 24.8 Å². The van der Waals surface area contributed by atoms with Crippen LogP contribution in [0.15, 0.2) is 0 Å². The molecule has 0 saturated heterocycles. The first-order chi connectivity index (χ1) is 9.37. The number of hydrogen-bond donors (Lipinski definition) is 8. The van der Waals surface area contributed by atoms with E-state index in [0.717, 1.165) is 0 Å².